The van der Waals surface area contributed by atoms with Gasteiger partial charge >= 0.3 is 0 Å². The first-order valence-corrected chi connectivity index (χ1v) is 12.1. The molecule has 10 heteroatoms. The Bertz CT molecular complexity index is 1160. The van der Waals surface area contributed by atoms with E-state index >= 15 is 0 Å². The van der Waals surface area contributed by atoms with E-state index in [2.05, 4.69) is 42.0 Å². The molecule has 2 aliphatic rings. The van der Waals surface area contributed by atoms with Crippen molar-refractivity contribution in [2.45, 2.75) is 13.3 Å². The van der Waals surface area contributed by atoms with Gasteiger partial charge in [0.15, 0.2) is 5.84 Å². The molecule has 2 aliphatic heterocycles. The van der Waals surface area contributed by atoms with E-state index in [9.17, 15) is 4.79 Å². The molecule has 0 aromatic heterocycles. The smallest absolute Gasteiger partial charge is 0.283 e. The van der Waals surface area contributed by atoms with Crippen molar-refractivity contribution in [3.63, 3.8) is 0 Å². The maximum atomic E-state index is 12.6. The standard InChI is InChI=1S/C22H18Br2N4O3S/c1-2-19-27-28-20(25)17(21(29)26-22(28)32-19)12-13-11-15(24)5-8-18(13)31-10-9-30-16-6-3-14(23)4-7-16/h3-8,11-12,25H,2,9-10H2,1H3. The number of hydrazone groups is 1. The minimum atomic E-state index is -0.467. The molecule has 4 rings (SSSR count). The summed E-state index contributed by atoms with van der Waals surface area (Å²) in [7, 11) is 0. The van der Waals surface area contributed by atoms with Crippen LogP contribution in [0.3, 0.4) is 0 Å². The average molecular weight is 578 g/mol. The Morgan fingerprint density at radius 1 is 1.09 bits per heavy atom. The van der Waals surface area contributed by atoms with Crippen LogP contribution in [0, 0.1) is 5.41 Å². The number of carbonyl (C=O) groups excluding carboxylic acids is 1. The maximum absolute atomic E-state index is 12.6. The number of nitrogens with one attached hydrogen (secondary N) is 1. The molecule has 0 atom stereocenters. The molecule has 2 aromatic rings. The minimum absolute atomic E-state index is 0.000414. The van der Waals surface area contributed by atoms with E-state index in [0.717, 1.165) is 19.7 Å². The molecule has 0 bridgehead atoms. The van der Waals surface area contributed by atoms with Gasteiger partial charge in [0, 0.05) is 14.5 Å². The van der Waals surface area contributed by atoms with Crippen molar-refractivity contribution in [3.8, 4) is 11.5 Å². The van der Waals surface area contributed by atoms with Crippen molar-refractivity contribution in [1.82, 2.24) is 5.01 Å². The molecule has 0 saturated carbocycles. The first kappa shape index (κ1) is 22.8. The van der Waals surface area contributed by atoms with Gasteiger partial charge in [0.2, 0.25) is 5.17 Å². The predicted octanol–water partition coefficient (Wildman–Crippen LogP) is 5.70. The van der Waals surface area contributed by atoms with Crippen LogP contribution < -0.4 is 9.47 Å². The Labute approximate surface area is 206 Å². The molecule has 164 valence electrons. The predicted molar refractivity (Wildman–Crippen MR) is 135 cm³/mol. The number of fused-ring (bicyclic) bond motifs is 1. The monoisotopic (exact) mass is 576 g/mol. The summed E-state index contributed by atoms with van der Waals surface area (Å²) < 4.78 is 13.4. The fraction of sp³-hybridized carbons (Fsp3) is 0.182. The summed E-state index contributed by atoms with van der Waals surface area (Å²) in [4.78, 5) is 16.7. The Balaban J connectivity index is 1.50. The first-order valence-electron chi connectivity index (χ1n) is 9.74. The number of hydrogen-bond acceptors (Lipinski definition) is 6. The molecular formula is C22H18Br2N4O3S. The summed E-state index contributed by atoms with van der Waals surface area (Å²) >= 11 is 8.17. The lowest BCUT2D eigenvalue weighted by Gasteiger charge is -2.20. The first-order chi connectivity index (χ1) is 15.4. The van der Waals surface area contributed by atoms with Gasteiger partial charge in [-0.2, -0.15) is 15.1 Å². The lowest BCUT2D eigenvalue weighted by molar-refractivity contribution is -0.114. The second kappa shape index (κ2) is 10.0. The summed E-state index contributed by atoms with van der Waals surface area (Å²) in [6.07, 6.45) is 2.33. The summed E-state index contributed by atoms with van der Waals surface area (Å²) in [5, 5.41) is 15.5. The Hall–Kier alpha value is -2.43. The molecule has 7 nitrogen and oxygen atoms in total. The van der Waals surface area contributed by atoms with Crippen LogP contribution >= 0.6 is 43.6 Å². The van der Waals surface area contributed by atoms with E-state index in [1.54, 1.807) is 12.1 Å². The molecule has 1 N–H and O–H groups in total. The highest BCUT2D eigenvalue weighted by Gasteiger charge is 2.35. The van der Waals surface area contributed by atoms with Crippen LogP contribution in [-0.2, 0) is 4.79 Å². The number of amidine groups is 2. The lowest BCUT2D eigenvalue weighted by atomic mass is 10.1. The van der Waals surface area contributed by atoms with Crippen molar-refractivity contribution < 1.29 is 14.3 Å². The van der Waals surface area contributed by atoms with E-state index in [1.807, 2.05) is 43.3 Å². The van der Waals surface area contributed by atoms with E-state index in [4.69, 9.17) is 14.9 Å². The van der Waals surface area contributed by atoms with Crippen molar-refractivity contribution >= 4 is 71.7 Å². The number of rotatable bonds is 7. The Kier molecular flexibility index (Phi) is 7.12. The van der Waals surface area contributed by atoms with Gasteiger partial charge in [-0.25, -0.2) is 0 Å². The number of hydrogen-bond donors (Lipinski definition) is 1. The van der Waals surface area contributed by atoms with Crippen LogP contribution in [0.2, 0.25) is 0 Å². The van der Waals surface area contributed by atoms with Gasteiger partial charge < -0.3 is 9.47 Å². The van der Waals surface area contributed by atoms with Crippen LogP contribution in [0.1, 0.15) is 18.9 Å². The highest BCUT2D eigenvalue weighted by molar-refractivity contribution is 9.10. The van der Waals surface area contributed by atoms with Gasteiger partial charge in [-0.1, -0.05) is 38.8 Å². The van der Waals surface area contributed by atoms with Crippen molar-refractivity contribution in [2.24, 2.45) is 10.1 Å². The van der Waals surface area contributed by atoms with Crippen LogP contribution in [0.15, 0.2) is 67.1 Å². The highest BCUT2D eigenvalue weighted by Crippen LogP contribution is 2.31. The van der Waals surface area contributed by atoms with Gasteiger partial charge in [-0.15, -0.1) is 0 Å². The molecule has 1 amide bonds. The van der Waals surface area contributed by atoms with Crippen LogP contribution in [-0.4, -0.2) is 40.2 Å². The molecule has 0 aliphatic carbocycles. The van der Waals surface area contributed by atoms with Crippen molar-refractivity contribution in [1.29, 1.82) is 5.41 Å². The van der Waals surface area contributed by atoms with Crippen molar-refractivity contribution in [2.75, 3.05) is 13.2 Å². The lowest BCUT2D eigenvalue weighted by Crippen LogP contribution is -2.35. The van der Waals surface area contributed by atoms with E-state index in [0.29, 0.717) is 36.1 Å². The molecule has 0 spiro atoms. The summed E-state index contributed by atoms with van der Waals surface area (Å²) in [5.41, 5.74) is 0.811. The van der Waals surface area contributed by atoms with Gasteiger partial charge in [0.1, 0.15) is 29.8 Å². The topological polar surface area (TPSA) is 87.3 Å². The number of benzene rings is 2. The molecule has 32 heavy (non-hydrogen) atoms. The van der Waals surface area contributed by atoms with Gasteiger partial charge in [-0.05, 0) is 66.7 Å². The normalized spacial score (nSPS) is 16.7. The summed E-state index contributed by atoms with van der Waals surface area (Å²) in [6, 6.07) is 13.1. The summed E-state index contributed by atoms with van der Waals surface area (Å²) in [5.74, 6) is 0.857. The fourth-order valence-electron chi connectivity index (χ4n) is 2.94. The van der Waals surface area contributed by atoms with Gasteiger partial charge in [0.05, 0.1) is 5.57 Å². The number of carbonyl (C=O) groups is 1. The maximum Gasteiger partial charge on any atom is 0.283 e. The molecule has 2 aromatic carbocycles. The van der Waals surface area contributed by atoms with E-state index in [1.165, 1.54) is 16.8 Å². The Morgan fingerprint density at radius 3 is 2.56 bits per heavy atom. The third-order valence-electron chi connectivity index (χ3n) is 4.49. The zero-order chi connectivity index (χ0) is 22.7. The Morgan fingerprint density at radius 2 is 1.81 bits per heavy atom. The molecule has 2 heterocycles. The third kappa shape index (κ3) is 5.13. The average Bonchev–Trinajstić information content (AvgIpc) is 3.20. The fourth-order valence-corrected chi connectivity index (χ4v) is 4.40. The number of halogens is 2. The molecule has 0 fully saturated rings. The van der Waals surface area contributed by atoms with Crippen LogP contribution in [0.4, 0.5) is 0 Å². The minimum Gasteiger partial charge on any atom is -0.490 e. The molecule has 0 unspecified atom stereocenters. The quantitative estimate of drug-likeness (QED) is 0.337. The number of thioether (sulfide) groups is 1. The number of ether oxygens (including phenoxy) is 2. The van der Waals surface area contributed by atoms with Crippen LogP contribution in [0.25, 0.3) is 6.08 Å². The number of nitrogens with zero attached hydrogens (tertiary/aromatic N) is 3. The van der Waals surface area contributed by atoms with Gasteiger partial charge in [-0.3, -0.25) is 10.2 Å². The largest absolute Gasteiger partial charge is 0.490 e. The zero-order valence-electron chi connectivity index (χ0n) is 17.0. The van der Waals surface area contributed by atoms with Crippen molar-refractivity contribution in [3.05, 3.63) is 62.5 Å². The van der Waals surface area contributed by atoms with E-state index in [-0.39, 0.29) is 11.4 Å². The molecule has 0 saturated heterocycles. The zero-order valence-corrected chi connectivity index (χ0v) is 21.0. The second-order valence-electron chi connectivity index (χ2n) is 6.70. The van der Waals surface area contributed by atoms with Crippen LogP contribution in [0.5, 0.6) is 11.5 Å². The second-order valence-corrected chi connectivity index (χ2v) is 9.57. The third-order valence-corrected chi connectivity index (χ3v) is 6.57. The highest BCUT2D eigenvalue weighted by atomic mass is 79.9. The van der Waals surface area contributed by atoms with Gasteiger partial charge in [0.25, 0.3) is 5.91 Å². The molecule has 0 radical (unpaired) electrons. The SMILES string of the molecule is CCC1=NN2C(=N)C(=Cc3cc(Br)ccc3OCCOc3ccc(Br)cc3)C(=O)N=C2S1. The molecular weight excluding hydrogens is 560 g/mol. The summed E-state index contributed by atoms with van der Waals surface area (Å²) in [6.45, 7) is 2.64. The number of aliphatic imine (C=N–C) groups is 1. The number of amides is 1. The van der Waals surface area contributed by atoms with E-state index < -0.39 is 5.91 Å².